The molecule has 0 spiro atoms. The molecule has 0 unspecified atom stereocenters. The summed E-state index contributed by atoms with van der Waals surface area (Å²) in [5.41, 5.74) is 2.24. The monoisotopic (exact) mass is 477 g/mol. The Balaban J connectivity index is 1.81. The summed E-state index contributed by atoms with van der Waals surface area (Å²) in [5, 5.41) is 17.8. The molecule has 0 aliphatic heterocycles. The number of carbonyl (C=O) groups is 1. The summed E-state index contributed by atoms with van der Waals surface area (Å²) in [6.07, 6.45) is 0.402. The van der Waals surface area contributed by atoms with Crippen molar-refractivity contribution in [3.63, 3.8) is 0 Å². The first-order valence-corrected chi connectivity index (χ1v) is 10.3. The smallest absolute Gasteiger partial charge is 0.344 e. The van der Waals surface area contributed by atoms with Crippen LogP contribution in [0.3, 0.4) is 0 Å². The fourth-order valence-corrected chi connectivity index (χ4v) is 3.19. The van der Waals surface area contributed by atoms with Crippen LogP contribution in [0.2, 0.25) is 10.0 Å². The van der Waals surface area contributed by atoms with E-state index in [0.29, 0.717) is 23.7 Å². The maximum atomic E-state index is 11.1. The largest absolute Gasteiger partial charge is 0.479 e. The van der Waals surface area contributed by atoms with Gasteiger partial charge in [0.2, 0.25) is 5.88 Å². The molecule has 3 aromatic rings. The van der Waals surface area contributed by atoms with E-state index in [2.05, 4.69) is 10.3 Å². The molecule has 0 radical (unpaired) electrons. The van der Waals surface area contributed by atoms with E-state index in [0.717, 1.165) is 5.56 Å². The summed E-state index contributed by atoms with van der Waals surface area (Å²) >= 11 is 12.4. The third kappa shape index (κ3) is 5.72. The van der Waals surface area contributed by atoms with Crippen molar-refractivity contribution < 1.29 is 24.2 Å². The van der Waals surface area contributed by atoms with E-state index in [4.69, 9.17) is 42.6 Å². The third-order valence-electron chi connectivity index (χ3n) is 4.39. The zero-order chi connectivity index (χ0) is 23.3. The SMILES string of the molecule is Cc1nn(C)c(Oc2cc(O[C@@H](C)C(=O)O)c(Cl)cc2Cl)c1C=NOCc1ccccc1. The summed E-state index contributed by atoms with van der Waals surface area (Å²) in [5.74, 6) is -0.432. The van der Waals surface area contributed by atoms with Crippen LogP contribution < -0.4 is 9.47 Å². The van der Waals surface area contributed by atoms with Gasteiger partial charge in [0.05, 0.1) is 27.5 Å². The molecular weight excluding hydrogens is 457 g/mol. The van der Waals surface area contributed by atoms with Gasteiger partial charge in [-0.1, -0.05) is 58.7 Å². The van der Waals surface area contributed by atoms with Crippen LogP contribution in [0.4, 0.5) is 0 Å². The Labute approximate surface area is 194 Å². The summed E-state index contributed by atoms with van der Waals surface area (Å²) in [6.45, 7) is 3.51. The second kappa shape index (κ2) is 10.4. The average molecular weight is 478 g/mol. The lowest BCUT2D eigenvalue weighted by molar-refractivity contribution is -0.144. The minimum Gasteiger partial charge on any atom is -0.479 e. The Morgan fingerprint density at radius 2 is 1.91 bits per heavy atom. The Hall–Kier alpha value is -3.23. The van der Waals surface area contributed by atoms with E-state index < -0.39 is 12.1 Å². The molecule has 0 amide bonds. The van der Waals surface area contributed by atoms with Crippen molar-refractivity contribution >= 4 is 35.4 Å². The number of carboxylic acid groups (broad SMARTS) is 1. The standard InChI is InChI=1S/C22H21Cl2N3O5/c1-13-16(11-25-30-12-15-7-5-4-6-8-15)21(27(3)26-13)32-20-10-19(17(23)9-18(20)24)31-14(2)22(28)29/h4-11,14H,12H2,1-3H3,(H,28,29)/t14-/m0/s1. The molecule has 0 saturated carbocycles. The molecule has 1 heterocycles. The number of hydrogen-bond acceptors (Lipinski definition) is 6. The number of oxime groups is 1. The van der Waals surface area contributed by atoms with E-state index in [1.54, 1.807) is 14.0 Å². The van der Waals surface area contributed by atoms with E-state index >= 15 is 0 Å². The molecular formula is C22H21Cl2N3O5. The third-order valence-corrected chi connectivity index (χ3v) is 4.98. The molecule has 0 aliphatic rings. The van der Waals surface area contributed by atoms with Crippen LogP contribution >= 0.6 is 23.2 Å². The number of aryl methyl sites for hydroxylation is 2. The van der Waals surface area contributed by atoms with Gasteiger partial charge in [0.15, 0.2) is 11.9 Å². The zero-order valence-electron chi connectivity index (χ0n) is 17.6. The minimum absolute atomic E-state index is 0.126. The topological polar surface area (TPSA) is 95.2 Å². The first-order valence-electron chi connectivity index (χ1n) is 9.55. The van der Waals surface area contributed by atoms with Crippen LogP contribution in [0.5, 0.6) is 17.4 Å². The predicted octanol–water partition coefficient (Wildman–Crippen LogP) is 5.23. The number of halogens is 2. The minimum atomic E-state index is -1.13. The van der Waals surface area contributed by atoms with Gasteiger partial charge in [0.1, 0.15) is 12.4 Å². The lowest BCUT2D eigenvalue weighted by Gasteiger charge is -2.15. The maximum Gasteiger partial charge on any atom is 0.344 e. The van der Waals surface area contributed by atoms with Crippen LogP contribution in [-0.4, -0.2) is 33.2 Å². The molecule has 3 rings (SSSR count). The van der Waals surface area contributed by atoms with Crippen molar-refractivity contribution in [3.8, 4) is 17.4 Å². The molecule has 0 saturated heterocycles. The molecule has 1 aromatic heterocycles. The summed E-state index contributed by atoms with van der Waals surface area (Å²) in [6, 6.07) is 12.5. The summed E-state index contributed by atoms with van der Waals surface area (Å²) < 4.78 is 12.9. The highest BCUT2D eigenvalue weighted by atomic mass is 35.5. The van der Waals surface area contributed by atoms with Gasteiger partial charge in [-0.3, -0.25) is 0 Å². The second-order valence-corrected chi connectivity index (χ2v) is 7.65. The van der Waals surface area contributed by atoms with Crippen LogP contribution in [0.25, 0.3) is 0 Å². The molecule has 2 aromatic carbocycles. The molecule has 168 valence electrons. The molecule has 1 N–H and O–H groups in total. The summed E-state index contributed by atoms with van der Waals surface area (Å²) in [4.78, 5) is 16.5. The maximum absolute atomic E-state index is 11.1. The summed E-state index contributed by atoms with van der Waals surface area (Å²) in [7, 11) is 1.71. The number of aromatic nitrogens is 2. The van der Waals surface area contributed by atoms with E-state index in [-0.39, 0.29) is 21.5 Å². The lowest BCUT2D eigenvalue weighted by Crippen LogP contribution is -2.23. The molecule has 32 heavy (non-hydrogen) atoms. The fourth-order valence-electron chi connectivity index (χ4n) is 2.72. The quantitative estimate of drug-likeness (QED) is 0.334. The Morgan fingerprint density at radius 3 is 2.59 bits per heavy atom. The van der Waals surface area contributed by atoms with Crippen molar-refractivity contribution in [3.05, 3.63) is 69.3 Å². The number of ether oxygens (including phenoxy) is 2. The first-order chi connectivity index (χ1) is 15.3. The molecule has 0 fully saturated rings. The van der Waals surface area contributed by atoms with Crippen LogP contribution in [0.15, 0.2) is 47.6 Å². The molecule has 1 atom stereocenters. The van der Waals surface area contributed by atoms with Crippen molar-refractivity contribution in [2.24, 2.45) is 12.2 Å². The second-order valence-electron chi connectivity index (χ2n) is 6.83. The number of benzene rings is 2. The van der Waals surface area contributed by atoms with Gasteiger partial charge < -0.3 is 19.4 Å². The Morgan fingerprint density at radius 1 is 1.22 bits per heavy atom. The normalized spacial score (nSPS) is 12.0. The van der Waals surface area contributed by atoms with Gasteiger partial charge >= 0.3 is 5.97 Å². The molecule has 10 heteroatoms. The number of hydrogen-bond donors (Lipinski definition) is 1. The van der Waals surface area contributed by atoms with Gasteiger partial charge in [0, 0.05) is 13.1 Å². The van der Waals surface area contributed by atoms with Gasteiger partial charge in [-0.05, 0) is 25.5 Å². The number of rotatable bonds is 9. The molecule has 0 aliphatic carbocycles. The Bertz CT molecular complexity index is 1130. The van der Waals surface area contributed by atoms with Crippen LogP contribution in [0.1, 0.15) is 23.7 Å². The molecule has 8 nitrogen and oxygen atoms in total. The fraction of sp³-hybridized carbons (Fsp3) is 0.227. The highest BCUT2D eigenvalue weighted by Gasteiger charge is 2.20. The highest BCUT2D eigenvalue weighted by Crippen LogP contribution is 2.39. The van der Waals surface area contributed by atoms with Crippen LogP contribution in [-0.2, 0) is 23.3 Å². The number of aliphatic carboxylic acids is 1. The zero-order valence-corrected chi connectivity index (χ0v) is 19.1. The lowest BCUT2D eigenvalue weighted by atomic mass is 10.2. The Kier molecular flexibility index (Phi) is 7.61. The van der Waals surface area contributed by atoms with Crippen LogP contribution in [0, 0.1) is 6.92 Å². The van der Waals surface area contributed by atoms with E-state index in [1.807, 2.05) is 30.3 Å². The van der Waals surface area contributed by atoms with E-state index in [1.165, 1.54) is 30.0 Å². The number of nitrogens with zero attached hydrogens (tertiary/aromatic N) is 3. The van der Waals surface area contributed by atoms with Crippen molar-refractivity contribution in [2.75, 3.05) is 0 Å². The number of carboxylic acids is 1. The molecule has 0 bridgehead atoms. The average Bonchev–Trinajstić information content (AvgIpc) is 3.01. The van der Waals surface area contributed by atoms with Gasteiger partial charge in [0.25, 0.3) is 0 Å². The van der Waals surface area contributed by atoms with E-state index in [9.17, 15) is 4.79 Å². The predicted molar refractivity (Wildman–Crippen MR) is 121 cm³/mol. The van der Waals surface area contributed by atoms with Gasteiger partial charge in [-0.2, -0.15) is 5.10 Å². The first kappa shape index (κ1) is 23.4. The van der Waals surface area contributed by atoms with Crippen molar-refractivity contribution in [2.45, 2.75) is 26.6 Å². The highest BCUT2D eigenvalue weighted by molar-refractivity contribution is 6.36. The van der Waals surface area contributed by atoms with Gasteiger partial charge in [-0.25, -0.2) is 9.48 Å². The van der Waals surface area contributed by atoms with Crippen molar-refractivity contribution in [1.29, 1.82) is 0 Å². The van der Waals surface area contributed by atoms with Gasteiger partial charge in [-0.15, -0.1) is 0 Å². The van der Waals surface area contributed by atoms with Crippen molar-refractivity contribution in [1.82, 2.24) is 9.78 Å².